The summed E-state index contributed by atoms with van der Waals surface area (Å²) in [7, 11) is 0.241. The Hall–Kier alpha value is 1.06. The molecule has 59 valence electrons. The number of hydrogen-bond acceptors (Lipinski definition) is 0. The van der Waals surface area contributed by atoms with Crippen molar-refractivity contribution in [2.45, 2.75) is 39.3 Å². The molecule has 0 nitrogen and oxygen atoms in total. The van der Waals surface area contributed by atoms with Crippen LogP contribution in [0.5, 0.6) is 0 Å². The van der Waals surface area contributed by atoms with Crippen LogP contribution in [-0.4, -0.2) is 17.6 Å². The molecule has 0 bridgehead atoms. The van der Waals surface area contributed by atoms with E-state index in [1.165, 1.54) is 0 Å². The van der Waals surface area contributed by atoms with E-state index in [0.717, 1.165) is 0 Å². The summed E-state index contributed by atoms with van der Waals surface area (Å²) in [4.78, 5) is 0. The predicted octanol–water partition coefficient (Wildman–Crippen LogP) is 2.74. The molecule has 0 amide bonds. The van der Waals surface area contributed by atoms with Crippen LogP contribution in [-0.2, 0) is 19.5 Å². The standard InChI is InChI=1S/2C3H9Si.Rh/c2*1-4(2)3;/h2*1-3H3;. The summed E-state index contributed by atoms with van der Waals surface area (Å²) in [5.41, 5.74) is 0. The normalized spacial score (nSPS) is 8.00. The van der Waals surface area contributed by atoms with E-state index in [1.807, 2.05) is 0 Å². The maximum Gasteiger partial charge on any atom is 0.0379 e. The average Bonchev–Trinajstić information content (AvgIpc) is 1.25. The molecular weight excluding hydrogens is 231 g/mol. The van der Waals surface area contributed by atoms with Crippen molar-refractivity contribution < 1.29 is 19.5 Å². The largest absolute Gasteiger partial charge is 0.0715 e. The first-order valence-corrected chi connectivity index (χ1v) is 9.00. The van der Waals surface area contributed by atoms with Gasteiger partial charge in [-0.3, -0.25) is 0 Å². The van der Waals surface area contributed by atoms with Gasteiger partial charge >= 0.3 is 0 Å². The van der Waals surface area contributed by atoms with Gasteiger partial charge in [0.1, 0.15) is 0 Å². The molecule has 0 aromatic carbocycles. The zero-order valence-electron chi connectivity index (χ0n) is 7.33. The van der Waals surface area contributed by atoms with Crippen molar-refractivity contribution >= 4 is 17.6 Å². The molecule has 0 aliphatic rings. The molecule has 0 aliphatic carbocycles. The fraction of sp³-hybridized carbons (Fsp3) is 1.00. The van der Waals surface area contributed by atoms with Gasteiger partial charge < -0.3 is 0 Å². The minimum absolute atomic E-state index is 0. The van der Waals surface area contributed by atoms with Crippen LogP contribution in [0.2, 0.25) is 39.3 Å². The van der Waals surface area contributed by atoms with E-state index in [4.69, 9.17) is 0 Å². The first kappa shape index (κ1) is 16.6. The second-order valence-electron chi connectivity index (χ2n) is 3.00. The molecule has 0 atom stereocenters. The molecule has 0 rings (SSSR count). The molecule has 0 heterocycles. The third kappa shape index (κ3) is 404. The molecule has 0 unspecified atom stereocenters. The van der Waals surface area contributed by atoms with Crippen molar-refractivity contribution in [2.24, 2.45) is 0 Å². The van der Waals surface area contributed by atoms with Crippen LogP contribution in [0.1, 0.15) is 0 Å². The van der Waals surface area contributed by atoms with Gasteiger partial charge in [0.15, 0.2) is 0 Å². The van der Waals surface area contributed by atoms with Crippen LogP contribution in [0.25, 0.3) is 0 Å². The summed E-state index contributed by atoms with van der Waals surface area (Å²) >= 11 is 0. The monoisotopic (exact) mass is 249 g/mol. The fourth-order valence-corrected chi connectivity index (χ4v) is 0. The second kappa shape index (κ2) is 11.8. The topological polar surface area (TPSA) is 0 Å². The van der Waals surface area contributed by atoms with Crippen LogP contribution >= 0.6 is 0 Å². The second-order valence-corrected chi connectivity index (χ2v) is 9.00. The molecule has 0 aliphatic heterocycles. The summed E-state index contributed by atoms with van der Waals surface area (Å²) in [6.07, 6.45) is 0. The molecule has 0 saturated carbocycles. The van der Waals surface area contributed by atoms with E-state index in [9.17, 15) is 0 Å². The van der Waals surface area contributed by atoms with E-state index in [2.05, 4.69) is 39.3 Å². The SMILES string of the molecule is C[Si](C)C.C[Si](C)C.[Rh]. The van der Waals surface area contributed by atoms with E-state index < -0.39 is 0 Å². The fourth-order valence-electron chi connectivity index (χ4n) is 0. The van der Waals surface area contributed by atoms with Gasteiger partial charge in [-0.15, -0.1) is 0 Å². The van der Waals surface area contributed by atoms with Gasteiger partial charge in [-0.2, -0.15) is 0 Å². The summed E-state index contributed by atoms with van der Waals surface area (Å²) in [6, 6.07) is 0. The maximum atomic E-state index is 2.27. The van der Waals surface area contributed by atoms with Gasteiger partial charge in [0, 0.05) is 37.1 Å². The molecular formula is C6H18RhSi2. The van der Waals surface area contributed by atoms with Gasteiger partial charge in [-0.25, -0.2) is 0 Å². The van der Waals surface area contributed by atoms with Crippen molar-refractivity contribution in [3.63, 3.8) is 0 Å². The van der Waals surface area contributed by atoms with Crippen molar-refractivity contribution in [3.05, 3.63) is 0 Å². The van der Waals surface area contributed by atoms with Crippen LogP contribution in [0.4, 0.5) is 0 Å². The van der Waals surface area contributed by atoms with E-state index in [1.54, 1.807) is 0 Å². The smallest absolute Gasteiger partial charge is 0.0379 e. The predicted molar refractivity (Wildman–Crippen MR) is 46.7 cm³/mol. The van der Waals surface area contributed by atoms with Crippen LogP contribution in [0.3, 0.4) is 0 Å². The summed E-state index contributed by atoms with van der Waals surface area (Å²) in [6.45, 7) is 13.6. The van der Waals surface area contributed by atoms with E-state index >= 15 is 0 Å². The Morgan fingerprint density at radius 2 is 0.556 bits per heavy atom. The third-order valence-corrected chi connectivity index (χ3v) is 0. The summed E-state index contributed by atoms with van der Waals surface area (Å²) in [5.74, 6) is 0. The molecule has 0 spiro atoms. The Labute approximate surface area is 76.4 Å². The van der Waals surface area contributed by atoms with Crippen molar-refractivity contribution in [1.29, 1.82) is 0 Å². The molecule has 3 radical (unpaired) electrons. The third-order valence-electron chi connectivity index (χ3n) is 0. The molecule has 0 fully saturated rings. The Kier molecular flexibility index (Phi) is 21.7. The Balaban J connectivity index is -0.0000000720. The zero-order chi connectivity index (χ0) is 7.15. The van der Waals surface area contributed by atoms with Gasteiger partial charge in [0.05, 0.1) is 0 Å². The number of rotatable bonds is 0. The molecule has 0 aromatic heterocycles. The van der Waals surface area contributed by atoms with Gasteiger partial charge in [-0.05, 0) is 0 Å². The first-order valence-electron chi connectivity index (χ1n) is 3.00. The number of hydrogen-bond donors (Lipinski definition) is 0. The minimum atomic E-state index is 0. The van der Waals surface area contributed by atoms with Gasteiger partial charge in [0.25, 0.3) is 0 Å². The Morgan fingerprint density at radius 1 is 0.556 bits per heavy atom. The zero-order valence-corrected chi connectivity index (χ0v) is 11.0. The van der Waals surface area contributed by atoms with E-state index in [-0.39, 0.29) is 37.1 Å². The molecule has 3 heteroatoms. The summed E-state index contributed by atoms with van der Waals surface area (Å²) < 4.78 is 0. The van der Waals surface area contributed by atoms with Crippen LogP contribution in [0, 0.1) is 0 Å². The molecule has 0 aromatic rings. The molecule has 0 N–H and O–H groups in total. The van der Waals surface area contributed by atoms with Crippen molar-refractivity contribution in [2.75, 3.05) is 0 Å². The van der Waals surface area contributed by atoms with Crippen LogP contribution < -0.4 is 0 Å². The van der Waals surface area contributed by atoms with Gasteiger partial charge in [0.2, 0.25) is 0 Å². The quantitative estimate of drug-likeness (QED) is 0.579. The maximum absolute atomic E-state index is 2.27. The van der Waals surface area contributed by atoms with Crippen LogP contribution in [0.15, 0.2) is 0 Å². The molecule has 0 saturated heterocycles. The van der Waals surface area contributed by atoms with E-state index in [0.29, 0.717) is 0 Å². The first-order chi connectivity index (χ1) is 3.46. The minimum Gasteiger partial charge on any atom is -0.0715 e. The Morgan fingerprint density at radius 3 is 0.556 bits per heavy atom. The average molecular weight is 249 g/mol. The summed E-state index contributed by atoms with van der Waals surface area (Å²) in [5, 5.41) is 0. The van der Waals surface area contributed by atoms with Crippen molar-refractivity contribution in [1.82, 2.24) is 0 Å². The van der Waals surface area contributed by atoms with Crippen molar-refractivity contribution in [3.8, 4) is 0 Å². The van der Waals surface area contributed by atoms with Gasteiger partial charge in [-0.1, -0.05) is 39.3 Å². The molecule has 9 heavy (non-hydrogen) atoms. The Bertz CT molecular complexity index is 26.5.